The topological polar surface area (TPSA) is 66.3 Å². The lowest BCUT2D eigenvalue weighted by Gasteiger charge is -2.22. The normalized spacial score (nSPS) is 24.0. The van der Waals surface area contributed by atoms with Gasteiger partial charge < -0.3 is 10.0 Å². The van der Waals surface area contributed by atoms with Crippen molar-refractivity contribution in [2.75, 3.05) is 18.0 Å². The van der Waals surface area contributed by atoms with Gasteiger partial charge in [0.25, 0.3) is 0 Å². The van der Waals surface area contributed by atoms with Gasteiger partial charge in [-0.05, 0) is 12.8 Å². The number of anilines is 1. The highest BCUT2D eigenvalue weighted by Gasteiger charge is 2.43. The Morgan fingerprint density at radius 2 is 2.24 bits per heavy atom. The summed E-state index contributed by atoms with van der Waals surface area (Å²) in [5.74, 6) is -0.888. The van der Waals surface area contributed by atoms with E-state index in [1.807, 2.05) is 6.92 Å². The highest BCUT2D eigenvalue weighted by molar-refractivity contribution is 5.76. The number of aromatic nitrogens is 2. The lowest BCUT2D eigenvalue weighted by molar-refractivity contribution is -0.147. The smallest absolute Gasteiger partial charge is 0.311 e. The highest BCUT2D eigenvalue weighted by Crippen LogP contribution is 2.35. The Kier molecular flexibility index (Phi) is 2.95. The first-order valence-electron chi connectivity index (χ1n) is 5.53. The van der Waals surface area contributed by atoms with Crippen LogP contribution in [0.2, 0.25) is 0 Å². The van der Waals surface area contributed by atoms with E-state index in [-0.39, 0.29) is 0 Å². The summed E-state index contributed by atoms with van der Waals surface area (Å²) in [4.78, 5) is 20.8. The predicted octanol–water partition coefficient (Wildman–Crippen LogP) is 1.31. The molecule has 1 atom stereocenters. The van der Waals surface area contributed by atoms with Gasteiger partial charge in [0.05, 0.1) is 17.8 Å². The van der Waals surface area contributed by atoms with Crippen LogP contribution in [-0.4, -0.2) is 34.1 Å². The molecule has 0 radical (unpaired) electrons. The lowest BCUT2D eigenvalue weighted by Crippen LogP contribution is -2.34. The van der Waals surface area contributed by atoms with Crippen LogP contribution in [0, 0.1) is 11.2 Å². The molecule has 1 unspecified atom stereocenters. The maximum Gasteiger partial charge on any atom is 0.311 e. The minimum atomic E-state index is -0.787. The Balaban J connectivity index is 2.17. The summed E-state index contributed by atoms with van der Waals surface area (Å²) in [5, 5.41) is 9.25. The van der Waals surface area contributed by atoms with E-state index in [0.717, 1.165) is 12.4 Å². The van der Waals surface area contributed by atoms with E-state index in [4.69, 9.17) is 0 Å². The summed E-state index contributed by atoms with van der Waals surface area (Å²) in [7, 11) is 0. The van der Waals surface area contributed by atoms with Gasteiger partial charge >= 0.3 is 5.97 Å². The molecular formula is C11H14FN3O2. The number of rotatable bonds is 3. The summed E-state index contributed by atoms with van der Waals surface area (Å²) in [6.07, 6.45) is 3.32. The van der Waals surface area contributed by atoms with Crippen LogP contribution in [0.3, 0.4) is 0 Å². The second-order valence-electron chi connectivity index (χ2n) is 4.31. The number of halogens is 1. The third-order valence-electron chi connectivity index (χ3n) is 3.37. The van der Waals surface area contributed by atoms with E-state index in [9.17, 15) is 14.3 Å². The quantitative estimate of drug-likeness (QED) is 0.861. The van der Waals surface area contributed by atoms with Crippen LogP contribution < -0.4 is 4.90 Å². The van der Waals surface area contributed by atoms with Crippen molar-refractivity contribution in [2.24, 2.45) is 5.41 Å². The van der Waals surface area contributed by atoms with Gasteiger partial charge in [0, 0.05) is 13.1 Å². The number of carboxylic acid groups (broad SMARTS) is 1. The van der Waals surface area contributed by atoms with E-state index in [0.29, 0.717) is 31.9 Å². The molecule has 0 bridgehead atoms. The zero-order valence-electron chi connectivity index (χ0n) is 9.56. The van der Waals surface area contributed by atoms with Crippen molar-refractivity contribution in [1.82, 2.24) is 9.97 Å². The maximum absolute atomic E-state index is 12.7. The number of hydrogen-bond donors (Lipinski definition) is 1. The predicted molar refractivity (Wildman–Crippen MR) is 59.2 cm³/mol. The van der Waals surface area contributed by atoms with Gasteiger partial charge in [-0.2, -0.15) is 0 Å². The summed E-state index contributed by atoms with van der Waals surface area (Å²) in [6.45, 7) is 2.83. The molecule has 1 aromatic rings. The van der Waals surface area contributed by atoms with Crippen molar-refractivity contribution < 1.29 is 14.3 Å². The fourth-order valence-electron chi connectivity index (χ4n) is 2.13. The number of carboxylic acids is 1. The average Bonchev–Trinajstić information content (AvgIpc) is 2.75. The van der Waals surface area contributed by atoms with Gasteiger partial charge in [0.1, 0.15) is 0 Å². The summed E-state index contributed by atoms with van der Waals surface area (Å²) < 4.78 is 12.7. The van der Waals surface area contributed by atoms with Gasteiger partial charge in [0.2, 0.25) is 5.95 Å². The average molecular weight is 239 g/mol. The summed E-state index contributed by atoms with van der Waals surface area (Å²) in [5.41, 5.74) is -0.724. The molecule has 6 heteroatoms. The zero-order chi connectivity index (χ0) is 12.5. The van der Waals surface area contributed by atoms with Crippen molar-refractivity contribution in [1.29, 1.82) is 0 Å². The molecule has 1 N–H and O–H groups in total. The van der Waals surface area contributed by atoms with E-state index in [1.165, 1.54) is 0 Å². The molecule has 1 aliphatic rings. The van der Waals surface area contributed by atoms with E-state index in [2.05, 4.69) is 9.97 Å². The first-order chi connectivity index (χ1) is 8.07. The van der Waals surface area contributed by atoms with E-state index in [1.54, 1.807) is 4.90 Å². The molecule has 2 heterocycles. The van der Waals surface area contributed by atoms with E-state index >= 15 is 0 Å². The fraction of sp³-hybridized carbons (Fsp3) is 0.545. The number of hydrogen-bond acceptors (Lipinski definition) is 4. The Hall–Kier alpha value is -1.72. The summed E-state index contributed by atoms with van der Waals surface area (Å²) >= 11 is 0. The maximum atomic E-state index is 12.7. The van der Waals surface area contributed by atoms with Crippen molar-refractivity contribution in [3.8, 4) is 0 Å². The van der Waals surface area contributed by atoms with Crippen LogP contribution in [0.25, 0.3) is 0 Å². The van der Waals surface area contributed by atoms with Crippen molar-refractivity contribution in [3.63, 3.8) is 0 Å². The Morgan fingerprint density at radius 3 is 2.71 bits per heavy atom. The Morgan fingerprint density at radius 1 is 1.59 bits per heavy atom. The molecule has 0 aliphatic carbocycles. The molecule has 1 fully saturated rings. The van der Waals surface area contributed by atoms with Crippen LogP contribution in [0.5, 0.6) is 0 Å². The van der Waals surface area contributed by atoms with Crippen LogP contribution in [0.4, 0.5) is 10.3 Å². The number of nitrogens with zero attached hydrogens (tertiary/aromatic N) is 3. The first-order valence-corrected chi connectivity index (χ1v) is 5.53. The lowest BCUT2D eigenvalue weighted by atomic mass is 9.84. The minimum Gasteiger partial charge on any atom is -0.481 e. The second kappa shape index (κ2) is 4.27. The second-order valence-corrected chi connectivity index (χ2v) is 4.31. The van der Waals surface area contributed by atoms with Gasteiger partial charge in [-0.15, -0.1) is 0 Å². The van der Waals surface area contributed by atoms with Crippen LogP contribution >= 0.6 is 0 Å². The van der Waals surface area contributed by atoms with E-state index < -0.39 is 17.2 Å². The fourth-order valence-corrected chi connectivity index (χ4v) is 2.13. The minimum absolute atomic E-state index is 0.379. The van der Waals surface area contributed by atoms with Crippen LogP contribution in [-0.2, 0) is 4.79 Å². The molecular weight excluding hydrogens is 225 g/mol. The van der Waals surface area contributed by atoms with Gasteiger partial charge in [-0.25, -0.2) is 14.4 Å². The van der Waals surface area contributed by atoms with Crippen molar-refractivity contribution in [2.45, 2.75) is 19.8 Å². The molecule has 17 heavy (non-hydrogen) atoms. The Bertz CT molecular complexity index is 423. The molecule has 1 aromatic heterocycles. The molecule has 1 aliphatic heterocycles. The molecule has 0 spiro atoms. The van der Waals surface area contributed by atoms with Crippen LogP contribution in [0.15, 0.2) is 12.4 Å². The SMILES string of the molecule is CCC1(C(=O)O)CCN(c2ncc(F)cn2)C1. The molecule has 0 aromatic carbocycles. The van der Waals surface area contributed by atoms with Crippen molar-refractivity contribution in [3.05, 3.63) is 18.2 Å². The van der Waals surface area contributed by atoms with Gasteiger partial charge in [-0.1, -0.05) is 6.92 Å². The molecule has 2 rings (SSSR count). The molecule has 0 amide bonds. The number of carbonyl (C=O) groups is 1. The largest absolute Gasteiger partial charge is 0.481 e. The third-order valence-corrected chi connectivity index (χ3v) is 3.37. The molecule has 92 valence electrons. The first kappa shape index (κ1) is 11.8. The molecule has 1 saturated heterocycles. The van der Waals surface area contributed by atoms with Gasteiger partial charge in [0.15, 0.2) is 5.82 Å². The third kappa shape index (κ3) is 2.07. The summed E-state index contributed by atoms with van der Waals surface area (Å²) in [6, 6.07) is 0. The number of aliphatic carboxylic acids is 1. The van der Waals surface area contributed by atoms with Crippen LogP contribution in [0.1, 0.15) is 19.8 Å². The highest BCUT2D eigenvalue weighted by atomic mass is 19.1. The van der Waals surface area contributed by atoms with Gasteiger partial charge in [-0.3, -0.25) is 4.79 Å². The Labute approximate surface area is 98.3 Å². The standard InChI is InChI=1S/C11H14FN3O2/c1-2-11(9(16)17)3-4-15(7-11)10-13-5-8(12)6-14-10/h5-6H,2-4,7H2,1H3,(H,16,17). The molecule has 0 saturated carbocycles. The zero-order valence-corrected chi connectivity index (χ0v) is 9.56. The monoisotopic (exact) mass is 239 g/mol. The van der Waals surface area contributed by atoms with Crippen molar-refractivity contribution >= 4 is 11.9 Å². The molecule has 5 nitrogen and oxygen atoms in total.